The Kier molecular flexibility index (Phi) is 3.72. The van der Waals surface area contributed by atoms with E-state index in [2.05, 4.69) is 24.1 Å². The van der Waals surface area contributed by atoms with E-state index in [4.69, 9.17) is 0 Å². The second-order valence-electron chi connectivity index (χ2n) is 5.67. The van der Waals surface area contributed by atoms with Crippen LogP contribution >= 0.6 is 0 Å². The second-order valence-corrected chi connectivity index (χ2v) is 7.22. The van der Waals surface area contributed by atoms with E-state index in [9.17, 15) is 4.21 Å². The van der Waals surface area contributed by atoms with Crippen molar-refractivity contribution in [1.29, 1.82) is 0 Å². The Hall–Kier alpha value is 0.0700. The quantitative estimate of drug-likeness (QED) is 0.795. The van der Waals surface area contributed by atoms with E-state index in [0.717, 1.165) is 31.3 Å². The molecule has 3 nitrogen and oxygen atoms in total. The van der Waals surface area contributed by atoms with Gasteiger partial charge in [0.1, 0.15) is 0 Å². The highest BCUT2D eigenvalue weighted by molar-refractivity contribution is 7.84. The summed E-state index contributed by atoms with van der Waals surface area (Å²) in [5, 5.41) is 3.71. The minimum atomic E-state index is -0.664. The van der Waals surface area contributed by atoms with Gasteiger partial charge in [-0.15, -0.1) is 0 Å². The van der Waals surface area contributed by atoms with Gasteiger partial charge in [0, 0.05) is 54.0 Å². The Bertz CT molecular complexity index is 280. The number of hydrogen-bond donors (Lipinski definition) is 1. The minimum absolute atomic E-state index is 0.307. The summed E-state index contributed by atoms with van der Waals surface area (Å²) in [5.74, 6) is 1.68. The van der Waals surface area contributed by atoms with E-state index in [-0.39, 0.29) is 0 Å². The molecule has 1 N–H and O–H groups in total. The van der Waals surface area contributed by atoms with E-state index in [1.807, 2.05) is 0 Å². The summed E-state index contributed by atoms with van der Waals surface area (Å²) in [6.07, 6.45) is 4.56. The molecule has 16 heavy (non-hydrogen) atoms. The second kappa shape index (κ2) is 4.75. The molecule has 2 rings (SSSR count). The van der Waals surface area contributed by atoms with Crippen LogP contribution in [0.2, 0.25) is 0 Å². The van der Waals surface area contributed by atoms with E-state index in [0.29, 0.717) is 11.6 Å². The minimum Gasteiger partial charge on any atom is -0.308 e. The van der Waals surface area contributed by atoms with Crippen LogP contribution in [0.25, 0.3) is 0 Å². The maximum absolute atomic E-state index is 11.2. The zero-order valence-electron chi connectivity index (χ0n) is 10.7. The van der Waals surface area contributed by atoms with Crippen LogP contribution in [0.4, 0.5) is 0 Å². The summed E-state index contributed by atoms with van der Waals surface area (Å²) >= 11 is 0. The Balaban J connectivity index is 1.91. The van der Waals surface area contributed by atoms with Crippen molar-refractivity contribution in [3.05, 3.63) is 0 Å². The number of nitrogens with one attached hydrogen (secondary N) is 1. The van der Waals surface area contributed by atoms with Gasteiger partial charge in [0.25, 0.3) is 0 Å². The summed E-state index contributed by atoms with van der Waals surface area (Å²) in [6.45, 7) is 7.79. The molecule has 0 bridgehead atoms. The fourth-order valence-corrected chi connectivity index (χ4v) is 3.17. The molecule has 1 saturated carbocycles. The lowest BCUT2D eigenvalue weighted by atomic mass is 9.91. The highest BCUT2D eigenvalue weighted by Crippen LogP contribution is 2.41. The van der Waals surface area contributed by atoms with Crippen LogP contribution in [0.3, 0.4) is 0 Å². The highest BCUT2D eigenvalue weighted by atomic mass is 32.2. The highest BCUT2D eigenvalue weighted by Gasteiger charge is 2.45. The first kappa shape index (κ1) is 12.5. The standard InChI is InChI=1S/C12H24N2OS/c1-10-8-13-12(2,11-4-5-11)9-14(10)6-7-16(3)15/h10-11,13H,4-9H2,1-3H3. The molecule has 0 aromatic rings. The molecule has 0 aromatic carbocycles. The van der Waals surface area contributed by atoms with Crippen LogP contribution in [-0.2, 0) is 10.8 Å². The van der Waals surface area contributed by atoms with Gasteiger partial charge in [-0.25, -0.2) is 0 Å². The van der Waals surface area contributed by atoms with Crippen molar-refractivity contribution in [2.75, 3.05) is 31.6 Å². The van der Waals surface area contributed by atoms with Crippen molar-refractivity contribution in [2.45, 2.75) is 38.3 Å². The molecule has 1 saturated heterocycles. The molecular formula is C12H24N2OS. The largest absolute Gasteiger partial charge is 0.308 e. The van der Waals surface area contributed by atoms with Gasteiger partial charge in [0.15, 0.2) is 0 Å². The molecule has 3 atom stereocenters. The lowest BCUT2D eigenvalue weighted by molar-refractivity contribution is 0.0893. The first-order valence-corrected chi connectivity index (χ1v) is 8.03. The predicted molar refractivity (Wildman–Crippen MR) is 69.1 cm³/mol. The van der Waals surface area contributed by atoms with Crippen LogP contribution in [0.1, 0.15) is 26.7 Å². The van der Waals surface area contributed by atoms with Gasteiger partial charge in [0.2, 0.25) is 0 Å². The maximum atomic E-state index is 11.2. The zero-order valence-corrected chi connectivity index (χ0v) is 11.5. The fraction of sp³-hybridized carbons (Fsp3) is 1.00. The van der Waals surface area contributed by atoms with Crippen molar-refractivity contribution >= 4 is 10.8 Å². The summed E-state index contributed by atoms with van der Waals surface area (Å²) in [5.41, 5.74) is 0.307. The zero-order chi connectivity index (χ0) is 11.8. The average molecular weight is 244 g/mol. The molecular weight excluding hydrogens is 220 g/mol. The van der Waals surface area contributed by atoms with Crippen molar-refractivity contribution < 1.29 is 4.21 Å². The van der Waals surface area contributed by atoms with Gasteiger partial charge in [-0.1, -0.05) is 0 Å². The summed E-state index contributed by atoms with van der Waals surface area (Å²) < 4.78 is 11.2. The summed E-state index contributed by atoms with van der Waals surface area (Å²) in [6, 6.07) is 0.579. The van der Waals surface area contributed by atoms with Crippen molar-refractivity contribution in [3.8, 4) is 0 Å². The molecule has 0 radical (unpaired) electrons. The number of piperazine rings is 1. The molecule has 0 amide bonds. The van der Waals surface area contributed by atoms with Gasteiger partial charge in [-0.3, -0.25) is 9.11 Å². The van der Waals surface area contributed by atoms with Crippen molar-refractivity contribution in [3.63, 3.8) is 0 Å². The van der Waals surface area contributed by atoms with Crippen LogP contribution < -0.4 is 5.32 Å². The molecule has 1 aliphatic carbocycles. The van der Waals surface area contributed by atoms with E-state index in [1.165, 1.54) is 12.8 Å². The molecule has 3 unspecified atom stereocenters. The predicted octanol–water partition coefficient (Wildman–Crippen LogP) is 0.827. The van der Waals surface area contributed by atoms with Crippen molar-refractivity contribution in [1.82, 2.24) is 10.2 Å². The average Bonchev–Trinajstić information content (AvgIpc) is 3.03. The lowest BCUT2D eigenvalue weighted by Gasteiger charge is -2.45. The molecule has 2 aliphatic rings. The van der Waals surface area contributed by atoms with Crippen molar-refractivity contribution in [2.24, 2.45) is 5.92 Å². The van der Waals surface area contributed by atoms with Crippen LogP contribution in [-0.4, -0.2) is 52.3 Å². The fourth-order valence-electron chi connectivity index (χ4n) is 2.68. The Morgan fingerprint density at radius 1 is 1.50 bits per heavy atom. The lowest BCUT2D eigenvalue weighted by Crippen LogP contribution is -2.63. The number of hydrogen-bond acceptors (Lipinski definition) is 3. The third-order valence-corrected chi connectivity index (χ3v) is 4.86. The van der Waals surface area contributed by atoms with Gasteiger partial charge >= 0.3 is 0 Å². The number of nitrogens with zero attached hydrogens (tertiary/aromatic N) is 1. The first-order chi connectivity index (χ1) is 7.51. The monoisotopic (exact) mass is 244 g/mol. The topological polar surface area (TPSA) is 32.3 Å². The van der Waals surface area contributed by atoms with E-state index in [1.54, 1.807) is 6.26 Å². The molecule has 1 heterocycles. The van der Waals surface area contributed by atoms with Gasteiger partial charge < -0.3 is 5.32 Å². The van der Waals surface area contributed by atoms with Gasteiger partial charge in [0.05, 0.1) is 0 Å². The van der Waals surface area contributed by atoms with E-state index >= 15 is 0 Å². The van der Waals surface area contributed by atoms with E-state index < -0.39 is 10.8 Å². The molecule has 0 aromatic heterocycles. The maximum Gasteiger partial charge on any atom is 0.0359 e. The third kappa shape index (κ3) is 2.84. The first-order valence-electron chi connectivity index (χ1n) is 6.30. The van der Waals surface area contributed by atoms with Crippen LogP contribution in [0.15, 0.2) is 0 Å². The Morgan fingerprint density at radius 3 is 2.75 bits per heavy atom. The molecule has 0 spiro atoms. The third-order valence-electron chi connectivity index (χ3n) is 4.10. The summed E-state index contributed by atoms with van der Waals surface area (Å²) in [7, 11) is -0.664. The summed E-state index contributed by atoms with van der Waals surface area (Å²) in [4.78, 5) is 2.51. The molecule has 1 aliphatic heterocycles. The van der Waals surface area contributed by atoms with Gasteiger partial charge in [-0.2, -0.15) is 0 Å². The van der Waals surface area contributed by atoms with Gasteiger partial charge in [-0.05, 0) is 32.6 Å². The molecule has 4 heteroatoms. The SMILES string of the molecule is CC1CNC(C)(C2CC2)CN1CCS(C)=O. The Morgan fingerprint density at radius 2 is 2.19 bits per heavy atom. The Labute approximate surface area is 101 Å². The smallest absolute Gasteiger partial charge is 0.0359 e. The molecule has 2 fully saturated rings. The van der Waals surface area contributed by atoms with Crippen LogP contribution in [0.5, 0.6) is 0 Å². The normalized spacial score (nSPS) is 38.6. The van der Waals surface area contributed by atoms with Crippen LogP contribution in [0, 0.1) is 5.92 Å². The number of rotatable bonds is 4. The molecule has 94 valence electrons.